The average Bonchev–Trinajstić information content (AvgIpc) is 3.03. The Balaban J connectivity index is 1.57. The van der Waals surface area contributed by atoms with Crippen LogP contribution in [0.4, 0.5) is 10.5 Å². The second-order valence-corrected chi connectivity index (χ2v) is 7.60. The number of hydrogen-bond donors (Lipinski definition) is 3. The van der Waals surface area contributed by atoms with Gasteiger partial charge >= 0.3 is 12.0 Å². The molecular formula is C22H21N5O5. The molecule has 0 radical (unpaired) electrons. The lowest BCUT2D eigenvalue weighted by atomic mass is 10.1. The van der Waals surface area contributed by atoms with Crippen LogP contribution in [-0.2, 0) is 16.1 Å². The Kier molecular flexibility index (Phi) is 5.35. The third-order valence-corrected chi connectivity index (χ3v) is 5.31. The molecule has 0 spiro atoms. The fourth-order valence-corrected chi connectivity index (χ4v) is 3.80. The van der Waals surface area contributed by atoms with Crippen LogP contribution in [0.25, 0.3) is 11.0 Å². The van der Waals surface area contributed by atoms with E-state index in [1.54, 1.807) is 44.3 Å². The summed E-state index contributed by atoms with van der Waals surface area (Å²) in [4.78, 5) is 54.8. The zero-order chi connectivity index (χ0) is 23.0. The summed E-state index contributed by atoms with van der Waals surface area (Å²) in [5, 5.41) is 14.4. The minimum absolute atomic E-state index is 0.192. The van der Waals surface area contributed by atoms with Crippen LogP contribution >= 0.6 is 0 Å². The molecule has 0 fully saturated rings. The summed E-state index contributed by atoms with van der Waals surface area (Å²) in [6, 6.07) is 10.3. The van der Waals surface area contributed by atoms with Gasteiger partial charge in [0.05, 0.1) is 17.5 Å². The van der Waals surface area contributed by atoms with Gasteiger partial charge in [0.15, 0.2) is 0 Å². The van der Waals surface area contributed by atoms with Crippen molar-refractivity contribution in [2.24, 2.45) is 0 Å². The normalized spacial score (nSPS) is 15.6. The predicted octanol–water partition coefficient (Wildman–Crippen LogP) is 1.97. The fraction of sp³-hybridized carbons (Fsp3) is 0.227. The number of anilines is 1. The highest BCUT2D eigenvalue weighted by molar-refractivity contribution is 6.07. The number of carboxylic acids is 1. The molecule has 1 atom stereocenters. The van der Waals surface area contributed by atoms with E-state index in [4.69, 9.17) is 5.11 Å². The van der Waals surface area contributed by atoms with E-state index in [0.29, 0.717) is 28.1 Å². The number of aliphatic carboxylic acids is 1. The lowest BCUT2D eigenvalue weighted by Crippen LogP contribution is -2.39. The minimum Gasteiger partial charge on any atom is -0.481 e. The molecule has 1 aromatic heterocycles. The van der Waals surface area contributed by atoms with Gasteiger partial charge in [-0.25, -0.2) is 14.3 Å². The number of rotatable bonds is 3. The summed E-state index contributed by atoms with van der Waals surface area (Å²) in [5.74, 6) is -1.60. The van der Waals surface area contributed by atoms with Crippen LogP contribution in [0.5, 0.6) is 0 Å². The van der Waals surface area contributed by atoms with Gasteiger partial charge in [0.1, 0.15) is 11.9 Å². The van der Waals surface area contributed by atoms with E-state index in [1.807, 2.05) is 6.07 Å². The van der Waals surface area contributed by atoms with E-state index in [1.165, 1.54) is 15.5 Å². The van der Waals surface area contributed by atoms with Crippen molar-refractivity contribution < 1.29 is 24.3 Å². The van der Waals surface area contributed by atoms with Gasteiger partial charge in [-0.15, -0.1) is 0 Å². The van der Waals surface area contributed by atoms with Crippen molar-refractivity contribution in [3.8, 4) is 0 Å². The van der Waals surface area contributed by atoms with E-state index in [9.17, 15) is 19.2 Å². The number of hydrogen-bond acceptors (Lipinski definition) is 6. The number of nitrogens with one attached hydrogen (secondary N) is 2. The first-order chi connectivity index (χ1) is 15.2. The van der Waals surface area contributed by atoms with Crippen molar-refractivity contribution in [2.45, 2.75) is 25.9 Å². The third kappa shape index (κ3) is 3.89. The molecular weight excluding hydrogens is 414 g/mol. The van der Waals surface area contributed by atoms with Gasteiger partial charge in [-0.2, -0.15) is 0 Å². The van der Waals surface area contributed by atoms with Crippen molar-refractivity contribution in [1.29, 1.82) is 0 Å². The zero-order valence-electron chi connectivity index (χ0n) is 17.5. The van der Waals surface area contributed by atoms with Gasteiger partial charge < -0.3 is 15.3 Å². The number of carbonyl (C=O) groups excluding carboxylic acids is 3. The number of aromatic nitrogens is 2. The van der Waals surface area contributed by atoms with E-state index >= 15 is 0 Å². The number of nitrogens with zero attached hydrogens (tertiary/aromatic N) is 3. The van der Waals surface area contributed by atoms with E-state index < -0.39 is 23.9 Å². The lowest BCUT2D eigenvalue weighted by Gasteiger charge is -2.19. The predicted molar refractivity (Wildman–Crippen MR) is 115 cm³/mol. The maximum absolute atomic E-state index is 12.8. The van der Waals surface area contributed by atoms with E-state index in [0.717, 1.165) is 0 Å². The van der Waals surface area contributed by atoms with Crippen LogP contribution in [0.1, 0.15) is 28.2 Å². The van der Waals surface area contributed by atoms with E-state index in [-0.39, 0.29) is 24.4 Å². The molecule has 1 aliphatic rings. The second kappa shape index (κ2) is 8.14. The second-order valence-electron chi connectivity index (χ2n) is 7.60. The number of fused-ring (bicyclic) bond motifs is 2. The number of carboxylic acid groups (broad SMARTS) is 1. The molecule has 2 aromatic carbocycles. The quantitative estimate of drug-likeness (QED) is 0.573. The molecule has 4 rings (SSSR count). The number of amides is 3. The van der Waals surface area contributed by atoms with Gasteiger partial charge in [-0.05, 0) is 42.8 Å². The molecule has 10 nitrogen and oxygen atoms in total. The maximum Gasteiger partial charge on any atom is 0.334 e. The molecule has 0 bridgehead atoms. The van der Waals surface area contributed by atoms with Crippen molar-refractivity contribution in [1.82, 2.24) is 19.8 Å². The number of imide groups is 1. The van der Waals surface area contributed by atoms with Gasteiger partial charge in [0.25, 0.3) is 5.91 Å². The highest BCUT2D eigenvalue weighted by Crippen LogP contribution is 2.25. The average molecular weight is 435 g/mol. The molecule has 1 unspecified atom stereocenters. The third-order valence-electron chi connectivity index (χ3n) is 5.31. The molecule has 0 aliphatic carbocycles. The van der Waals surface area contributed by atoms with Crippen LogP contribution in [0.15, 0.2) is 42.5 Å². The highest BCUT2D eigenvalue weighted by Gasteiger charge is 2.29. The molecule has 164 valence electrons. The number of benzene rings is 2. The molecule has 1 aliphatic heterocycles. The number of imidazole rings is 1. The van der Waals surface area contributed by atoms with Gasteiger partial charge in [0.2, 0.25) is 5.91 Å². The highest BCUT2D eigenvalue weighted by atomic mass is 16.4. The standard InChI is InChI=1S/C22H21N5O5/c1-12-23-16-5-3-4-6-18(16)27(12)22(32)25-20(30)13-7-8-15-14(9-13)11-26(2)21(31)17(24-15)10-19(28)29/h3-9,17,24H,10-11H2,1-2H3,(H,28,29)(H,25,30,32). The molecule has 32 heavy (non-hydrogen) atoms. The largest absolute Gasteiger partial charge is 0.481 e. The van der Waals surface area contributed by atoms with Crippen molar-refractivity contribution in [3.63, 3.8) is 0 Å². The zero-order valence-corrected chi connectivity index (χ0v) is 17.5. The molecule has 10 heteroatoms. The van der Waals surface area contributed by atoms with Crippen LogP contribution in [0.2, 0.25) is 0 Å². The van der Waals surface area contributed by atoms with Crippen LogP contribution in [0, 0.1) is 6.92 Å². The molecule has 0 saturated heterocycles. The fourth-order valence-electron chi connectivity index (χ4n) is 3.80. The molecule has 2 heterocycles. The summed E-state index contributed by atoms with van der Waals surface area (Å²) in [6.07, 6.45) is -0.364. The Morgan fingerprint density at radius 2 is 1.97 bits per heavy atom. The number of para-hydroxylation sites is 2. The number of likely N-dealkylation sites (N-methyl/N-ethyl adjacent to an activating group) is 1. The first-order valence-electron chi connectivity index (χ1n) is 9.90. The Morgan fingerprint density at radius 1 is 1.22 bits per heavy atom. The summed E-state index contributed by atoms with van der Waals surface area (Å²) >= 11 is 0. The minimum atomic E-state index is -1.09. The summed E-state index contributed by atoms with van der Waals surface area (Å²) in [7, 11) is 1.57. The lowest BCUT2D eigenvalue weighted by molar-refractivity contribution is -0.141. The Labute approximate surface area is 182 Å². The Hall–Kier alpha value is -4.21. The SMILES string of the molecule is Cc1nc2ccccc2n1C(=O)NC(=O)c1ccc2c(c1)CN(C)C(=O)C(CC(=O)O)N2. The summed E-state index contributed by atoms with van der Waals surface area (Å²) in [5.41, 5.74) is 2.67. The number of carbonyl (C=O) groups is 4. The van der Waals surface area contributed by atoms with E-state index in [2.05, 4.69) is 15.6 Å². The van der Waals surface area contributed by atoms with Gasteiger partial charge in [-0.1, -0.05) is 12.1 Å². The van der Waals surface area contributed by atoms with Crippen molar-refractivity contribution in [2.75, 3.05) is 12.4 Å². The Bertz CT molecular complexity index is 1260. The molecule has 3 aromatic rings. The van der Waals surface area contributed by atoms with Crippen molar-refractivity contribution in [3.05, 3.63) is 59.4 Å². The molecule has 0 saturated carbocycles. The summed E-state index contributed by atoms with van der Waals surface area (Å²) < 4.78 is 1.33. The summed E-state index contributed by atoms with van der Waals surface area (Å²) in [6.45, 7) is 1.87. The van der Waals surface area contributed by atoms with Crippen LogP contribution < -0.4 is 10.6 Å². The monoisotopic (exact) mass is 435 g/mol. The topological polar surface area (TPSA) is 134 Å². The van der Waals surface area contributed by atoms with Gasteiger partial charge in [-0.3, -0.25) is 19.7 Å². The first kappa shape index (κ1) is 21.0. The molecule has 3 N–H and O–H groups in total. The first-order valence-corrected chi connectivity index (χ1v) is 9.90. The van der Waals surface area contributed by atoms with Gasteiger partial charge in [0, 0.05) is 24.8 Å². The molecule has 3 amide bonds. The van der Waals surface area contributed by atoms with Crippen LogP contribution in [-0.4, -0.2) is 56.5 Å². The Morgan fingerprint density at radius 3 is 2.72 bits per heavy atom. The smallest absolute Gasteiger partial charge is 0.334 e. The van der Waals surface area contributed by atoms with Crippen molar-refractivity contribution >= 4 is 40.5 Å². The number of aryl methyl sites for hydroxylation is 1. The maximum atomic E-state index is 12.8. The van der Waals surface area contributed by atoms with Crippen LogP contribution in [0.3, 0.4) is 0 Å².